The van der Waals surface area contributed by atoms with Gasteiger partial charge in [-0.15, -0.1) is 0 Å². The van der Waals surface area contributed by atoms with Crippen LogP contribution in [0.25, 0.3) is 0 Å². The predicted octanol–water partition coefficient (Wildman–Crippen LogP) is 1.86. The minimum Gasteiger partial charge on any atom is -0.383 e. The lowest BCUT2D eigenvalue weighted by Crippen LogP contribution is -2.07. The highest BCUT2D eigenvalue weighted by atomic mass is 35.5. The number of ether oxygens (including phenoxy) is 1. The summed E-state index contributed by atoms with van der Waals surface area (Å²) in [4.78, 5) is 0. The molecular formula is C10H15ClN2O. The quantitative estimate of drug-likeness (QED) is 0.736. The fraction of sp³-hybridized carbons (Fsp3) is 0.400. The molecule has 0 aliphatic heterocycles. The van der Waals surface area contributed by atoms with Crippen molar-refractivity contribution in [3.05, 3.63) is 28.8 Å². The average molecular weight is 215 g/mol. The molecular weight excluding hydrogens is 200 g/mol. The first-order valence-corrected chi connectivity index (χ1v) is 4.87. The minimum absolute atomic E-state index is 0.469. The normalized spacial score (nSPS) is 10.2. The molecule has 0 aromatic heterocycles. The van der Waals surface area contributed by atoms with Gasteiger partial charge < -0.3 is 15.8 Å². The van der Waals surface area contributed by atoms with E-state index >= 15 is 0 Å². The third kappa shape index (κ3) is 3.18. The second-order valence-electron chi connectivity index (χ2n) is 2.93. The van der Waals surface area contributed by atoms with Gasteiger partial charge in [0.1, 0.15) is 0 Å². The smallest absolute Gasteiger partial charge is 0.0635 e. The van der Waals surface area contributed by atoms with E-state index in [1.165, 1.54) is 0 Å². The topological polar surface area (TPSA) is 47.3 Å². The Hall–Kier alpha value is -0.770. The maximum atomic E-state index is 5.99. The number of nitrogens with two attached hydrogens (primary N) is 1. The first-order valence-electron chi connectivity index (χ1n) is 4.49. The van der Waals surface area contributed by atoms with E-state index in [9.17, 15) is 0 Å². The van der Waals surface area contributed by atoms with Crippen molar-refractivity contribution in [1.82, 2.24) is 0 Å². The van der Waals surface area contributed by atoms with Gasteiger partial charge in [-0.1, -0.05) is 17.7 Å². The van der Waals surface area contributed by atoms with Gasteiger partial charge in [-0.2, -0.15) is 0 Å². The molecule has 0 radical (unpaired) electrons. The number of hydrogen-bond acceptors (Lipinski definition) is 3. The van der Waals surface area contributed by atoms with Crippen LogP contribution in [0.4, 0.5) is 5.69 Å². The zero-order chi connectivity index (χ0) is 10.4. The Balaban J connectivity index is 2.57. The molecule has 3 N–H and O–H groups in total. The molecule has 1 rings (SSSR count). The Morgan fingerprint density at radius 2 is 2.29 bits per heavy atom. The average Bonchev–Trinajstić information content (AvgIpc) is 2.18. The minimum atomic E-state index is 0.469. The lowest BCUT2D eigenvalue weighted by Gasteiger charge is -2.07. The van der Waals surface area contributed by atoms with Gasteiger partial charge in [0, 0.05) is 30.9 Å². The van der Waals surface area contributed by atoms with Crippen LogP contribution in [-0.2, 0) is 11.3 Å². The number of benzene rings is 1. The first-order chi connectivity index (χ1) is 6.77. The second kappa shape index (κ2) is 5.86. The highest BCUT2D eigenvalue weighted by Crippen LogP contribution is 2.20. The summed E-state index contributed by atoms with van der Waals surface area (Å²) < 4.78 is 4.92. The fourth-order valence-corrected chi connectivity index (χ4v) is 1.38. The van der Waals surface area contributed by atoms with Crippen molar-refractivity contribution in [2.45, 2.75) is 6.54 Å². The highest BCUT2D eigenvalue weighted by Gasteiger charge is 1.99. The highest BCUT2D eigenvalue weighted by molar-refractivity contribution is 6.31. The van der Waals surface area contributed by atoms with Crippen molar-refractivity contribution >= 4 is 17.3 Å². The SMILES string of the molecule is COCCNc1ccc(CN)c(Cl)c1. The van der Waals surface area contributed by atoms with Crippen molar-refractivity contribution in [2.24, 2.45) is 5.73 Å². The van der Waals surface area contributed by atoms with Crippen molar-refractivity contribution in [2.75, 3.05) is 25.6 Å². The number of anilines is 1. The van der Waals surface area contributed by atoms with Crippen LogP contribution in [0.1, 0.15) is 5.56 Å². The van der Waals surface area contributed by atoms with Crippen LogP contribution in [0, 0.1) is 0 Å². The van der Waals surface area contributed by atoms with E-state index in [1.807, 2.05) is 18.2 Å². The Bertz CT molecular complexity index is 291. The fourth-order valence-electron chi connectivity index (χ4n) is 1.12. The number of nitrogens with one attached hydrogen (secondary N) is 1. The van der Waals surface area contributed by atoms with Crippen molar-refractivity contribution in [1.29, 1.82) is 0 Å². The molecule has 0 spiro atoms. The molecule has 0 heterocycles. The van der Waals surface area contributed by atoms with E-state index in [1.54, 1.807) is 7.11 Å². The van der Waals surface area contributed by atoms with Crippen molar-refractivity contribution in [3.8, 4) is 0 Å². The Morgan fingerprint density at radius 3 is 2.86 bits per heavy atom. The summed E-state index contributed by atoms with van der Waals surface area (Å²) in [5, 5.41) is 3.89. The third-order valence-corrected chi connectivity index (χ3v) is 2.26. The second-order valence-corrected chi connectivity index (χ2v) is 3.34. The van der Waals surface area contributed by atoms with Gasteiger partial charge in [-0.05, 0) is 17.7 Å². The summed E-state index contributed by atoms with van der Waals surface area (Å²) in [6, 6.07) is 5.76. The van der Waals surface area contributed by atoms with Gasteiger partial charge in [0.25, 0.3) is 0 Å². The van der Waals surface area contributed by atoms with E-state index < -0.39 is 0 Å². The first kappa shape index (κ1) is 11.3. The van der Waals surface area contributed by atoms with Crippen molar-refractivity contribution in [3.63, 3.8) is 0 Å². The largest absolute Gasteiger partial charge is 0.383 e. The summed E-state index contributed by atoms with van der Waals surface area (Å²) in [5.74, 6) is 0. The van der Waals surface area contributed by atoms with Crippen LogP contribution in [-0.4, -0.2) is 20.3 Å². The van der Waals surface area contributed by atoms with Gasteiger partial charge in [0.2, 0.25) is 0 Å². The van der Waals surface area contributed by atoms with Crippen LogP contribution in [0.2, 0.25) is 5.02 Å². The Kier molecular flexibility index (Phi) is 4.73. The molecule has 0 saturated heterocycles. The summed E-state index contributed by atoms with van der Waals surface area (Å²) in [5.41, 5.74) is 7.45. The predicted molar refractivity (Wildman–Crippen MR) is 59.7 cm³/mol. The van der Waals surface area contributed by atoms with Crippen molar-refractivity contribution < 1.29 is 4.74 Å². The molecule has 0 saturated carbocycles. The zero-order valence-electron chi connectivity index (χ0n) is 8.22. The van der Waals surface area contributed by atoms with Crippen LogP contribution in [0.15, 0.2) is 18.2 Å². The number of hydrogen-bond donors (Lipinski definition) is 2. The Labute approximate surface area is 89.2 Å². The molecule has 0 unspecified atom stereocenters. The molecule has 0 bridgehead atoms. The van der Waals surface area contributed by atoms with Crippen LogP contribution in [0.5, 0.6) is 0 Å². The molecule has 0 atom stereocenters. The van der Waals surface area contributed by atoms with Gasteiger partial charge in [0.15, 0.2) is 0 Å². The molecule has 0 fully saturated rings. The van der Waals surface area contributed by atoms with E-state index in [0.29, 0.717) is 18.2 Å². The molecule has 0 amide bonds. The zero-order valence-corrected chi connectivity index (χ0v) is 8.97. The van der Waals surface area contributed by atoms with Gasteiger partial charge in [0.05, 0.1) is 6.61 Å². The molecule has 0 aliphatic rings. The van der Waals surface area contributed by atoms with E-state index in [-0.39, 0.29) is 0 Å². The molecule has 78 valence electrons. The molecule has 3 nitrogen and oxygen atoms in total. The van der Waals surface area contributed by atoms with Crippen LogP contribution >= 0.6 is 11.6 Å². The molecule has 1 aromatic carbocycles. The number of rotatable bonds is 5. The van der Waals surface area contributed by atoms with E-state index in [4.69, 9.17) is 22.1 Å². The maximum absolute atomic E-state index is 5.99. The maximum Gasteiger partial charge on any atom is 0.0635 e. The van der Waals surface area contributed by atoms with E-state index in [2.05, 4.69) is 5.32 Å². The lowest BCUT2D eigenvalue weighted by molar-refractivity contribution is 0.211. The lowest BCUT2D eigenvalue weighted by atomic mass is 10.2. The summed E-state index contributed by atoms with van der Waals surface area (Å²) >= 11 is 5.99. The summed E-state index contributed by atoms with van der Waals surface area (Å²) in [7, 11) is 1.67. The number of halogens is 1. The van der Waals surface area contributed by atoms with Gasteiger partial charge >= 0.3 is 0 Å². The van der Waals surface area contributed by atoms with Gasteiger partial charge in [-0.3, -0.25) is 0 Å². The monoisotopic (exact) mass is 214 g/mol. The van der Waals surface area contributed by atoms with Crippen LogP contribution < -0.4 is 11.1 Å². The molecule has 14 heavy (non-hydrogen) atoms. The third-order valence-electron chi connectivity index (χ3n) is 1.91. The standard InChI is InChI=1S/C10H15ClN2O/c1-14-5-4-13-9-3-2-8(7-12)10(11)6-9/h2-3,6,13H,4-5,7,12H2,1H3. The summed E-state index contributed by atoms with van der Waals surface area (Å²) in [6.07, 6.45) is 0. The molecule has 0 aliphatic carbocycles. The van der Waals surface area contributed by atoms with E-state index in [0.717, 1.165) is 17.8 Å². The molecule has 1 aromatic rings. The Morgan fingerprint density at radius 1 is 1.50 bits per heavy atom. The van der Waals surface area contributed by atoms with Crippen LogP contribution in [0.3, 0.4) is 0 Å². The van der Waals surface area contributed by atoms with Gasteiger partial charge in [-0.25, -0.2) is 0 Å². The molecule has 4 heteroatoms. The number of methoxy groups -OCH3 is 1. The summed E-state index contributed by atoms with van der Waals surface area (Å²) in [6.45, 7) is 1.92.